The molecule has 0 unspecified atom stereocenters. The van der Waals surface area contributed by atoms with E-state index in [0.29, 0.717) is 12.4 Å². The van der Waals surface area contributed by atoms with Crippen LogP contribution < -0.4 is 16.2 Å². The Balaban J connectivity index is 2.29. The second kappa shape index (κ2) is 6.04. The van der Waals surface area contributed by atoms with E-state index < -0.39 is 0 Å². The van der Waals surface area contributed by atoms with Crippen LogP contribution in [0.3, 0.4) is 0 Å². The predicted octanol–water partition coefficient (Wildman–Crippen LogP) is 1.77. The van der Waals surface area contributed by atoms with Crippen LogP contribution in [0.4, 0.5) is 11.5 Å². The predicted molar refractivity (Wildman–Crippen MR) is 77.1 cm³/mol. The minimum atomic E-state index is -0.176. The maximum atomic E-state index is 11.8. The van der Waals surface area contributed by atoms with Crippen LogP contribution in [-0.2, 0) is 6.54 Å². The van der Waals surface area contributed by atoms with Gasteiger partial charge in [-0.05, 0) is 18.1 Å². The Morgan fingerprint density at radius 2 is 2.16 bits per heavy atom. The highest BCUT2D eigenvalue weighted by Gasteiger charge is 2.12. The number of anilines is 2. The van der Waals surface area contributed by atoms with Gasteiger partial charge < -0.3 is 15.6 Å². The second-order valence-corrected chi connectivity index (χ2v) is 4.36. The lowest BCUT2D eigenvalue weighted by Crippen LogP contribution is -2.30. The molecule has 0 atom stereocenters. The first-order chi connectivity index (χ1) is 9.22. The summed E-state index contributed by atoms with van der Waals surface area (Å²) in [6.07, 6.45) is 4.06. The molecule has 0 spiro atoms. The second-order valence-electron chi connectivity index (χ2n) is 4.36. The topological polar surface area (TPSA) is 75.0 Å². The minimum absolute atomic E-state index is 0.176. The first-order valence-electron chi connectivity index (χ1n) is 6.34. The number of benzene rings is 1. The minimum Gasteiger partial charge on any atom is -0.398 e. The molecule has 0 aliphatic rings. The standard InChI is InChI=1S/C14H18N4O/c1-2-9-18(13-14(19)17-8-7-16-13)10-11-5-3-4-6-12(11)15/h3-8H,2,9-10,15H2,1H3,(H,17,19). The Labute approximate surface area is 112 Å². The van der Waals surface area contributed by atoms with Crippen LogP contribution in [0.25, 0.3) is 0 Å². The Hall–Kier alpha value is -2.30. The molecule has 3 N–H and O–H groups in total. The number of aromatic amines is 1. The molecular weight excluding hydrogens is 240 g/mol. The summed E-state index contributed by atoms with van der Waals surface area (Å²) in [5, 5.41) is 0. The molecule has 1 heterocycles. The summed E-state index contributed by atoms with van der Waals surface area (Å²) in [5.41, 5.74) is 7.51. The summed E-state index contributed by atoms with van der Waals surface area (Å²) < 4.78 is 0. The number of nitrogens with two attached hydrogens (primary N) is 1. The first-order valence-corrected chi connectivity index (χ1v) is 6.34. The van der Waals surface area contributed by atoms with Crippen molar-refractivity contribution in [1.29, 1.82) is 0 Å². The van der Waals surface area contributed by atoms with Gasteiger partial charge in [-0.2, -0.15) is 0 Å². The number of aromatic nitrogens is 2. The van der Waals surface area contributed by atoms with Crippen molar-refractivity contribution in [2.75, 3.05) is 17.2 Å². The van der Waals surface area contributed by atoms with Crippen LogP contribution >= 0.6 is 0 Å². The summed E-state index contributed by atoms with van der Waals surface area (Å²) in [6, 6.07) is 7.67. The number of nitrogen functional groups attached to an aromatic ring is 1. The zero-order valence-electron chi connectivity index (χ0n) is 11.0. The number of nitrogens with zero attached hydrogens (tertiary/aromatic N) is 2. The number of H-pyrrole nitrogens is 1. The Kier molecular flexibility index (Phi) is 4.18. The van der Waals surface area contributed by atoms with Crippen molar-refractivity contribution >= 4 is 11.5 Å². The van der Waals surface area contributed by atoms with Gasteiger partial charge in [-0.15, -0.1) is 0 Å². The highest BCUT2D eigenvalue weighted by molar-refractivity contribution is 5.49. The van der Waals surface area contributed by atoms with E-state index >= 15 is 0 Å². The quantitative estimate of drug-likeness (QED) is 0.801. The molecule has 0 aliphatic heterocycles. The van der Waals surface area contributed by atoms with Gasteiger partial charge in [0.1, 0.15) is 0 Å². The van der Waals surface area contributed by atoms with E-state index in [1.54, 1.807) is 6.20 Å². The van der Waals surface area contributed by atoms with E-state index in [1.165, 1.54) is 6.20 Å². The molecule has 0 amide bonds. The lowest BCUT2D eigenvalue weighted by Gasteiger charge is -2.22. The van der Waals surface area contributed by atoms with E-state index in [4.69, 9.17) is 5.73 Å². The van der Waals surface area contributed by atoms with Crippen molar-refractivity contribution in [2.24, 2.45) is 0 Å². The lowest BCUT2D eigenvalue weighted by molar-refractivity contribution is 0.748. The summed E-state index contributed by atoms with van der Waals surface area (Å²) in [5.74, 6) is 0.438. The molecule has 0 saturated heterocycles. The van der Waals surface area contributed by atoms with Gasteiger partial charge in [0, 0.05) is 31.2 Å². The normalized spacial score (nSPS) is 10.4. The third-order valence-electron chi connectivity index (χ3n) is 2.90. The molecule has 1 aromatic carbocycles. The van der Waals surface area contributed by atoms with Crippen molar-refractivity contribution < 1.29 is 0 Å². The highest BCUT2D eigenvalue weighted by atomic mass is 16.1. The summed E-state index contributed by atoms with van der Waals surface area (Å²) >= 11 is 0. The lowest BCUT2D eigenvalue weighted by atomic mass is 10.1. The molecule has 0 fully saturated rings. The first kappa shape index (κ1) is 13.1. The molecule has 2 aromatic rings. The third kappa shape index (κ3) is 3.13. The molecule has 0 aliphatic carbocycles. The molecule has 2 rings (SSSR count). The number of para-hydroxylation sites is 1. The van der Waals surface area contributed by atoms with Gasteiger partial charge in [0.25, 0.3) is 5.56 Å². The maximum absolute atomic E-state index is 11.8. The van der Waals surface area contributed by atoms with Crippen LogP contribution in [0.15, 0.2) is 41.5 Å². The van der Waals surface area contributed by atoms with Crippen LogP contribution in [0.5, 0.6) is 0 Å². The van der Waals surface area contributed by atoms with Gasteiger partial charge in [0.05, 0.1) is 0 Å². The van der Waals surface area contributed by atoms with Gasteiger partial charge in [-0.3, -0.25) is 4.79 Å². The molecule has 1 aromatic heterocycles. The van der Waals surface area contributed by atoms with Gasteiger partial charge in [0.2, 0.25) is 0 Å². The number of hydrogen-bond donors (Lipinski definition) is 2. The molecule has 0 saturated carbocycles. The zero-order valence-corrected chi connectivity index (χ0v) is 11.0. The highest BCUT2D eigenvalue weighted by Crippen LogP contribution is 2.16. The van der Waals surface area contributed by atoms with Crippen LogP contribution in [0.1, 0.15) is 18.9 Å². The van der Waals surface area contributed by atoms with Crippen LogP contribution in [0.2, 0.25) is 0 Å². The Morgan fingerprint density at radius 1 is 1.37 bits per heavy atom. The number of rotatable bonds is 5. The van der Waals surface area contributed by atoms with E-state index in [1.807, 2.05) is 29.2 Å². The summed E-state index contributed by atoms with van der Waals surface area (Å²) in [7, 11) is 0. The van der Waals surface area contributed by atoms with Gasteiger partial charge in [-0.25, -0.2) is 4.98 Å². The maximum Gasteiger partial charge on any atom is 0.290 e. The average Bonchev–Trinajstić information content (AvgIpc) is 2.41. The van der Waals surface area contributed by atoms with Crippen molar-refractivity contribution in [2.45, 2.75) is 19.9 Å². The molecular formula is C14H18N4O. The third-order valence-corrected chi connectivity index (χ3v) is 2.90. The molecule has 0 bridgehead atoms. The van der Waals surface area contributed by atoms with Crippen molar-refractivity contribution in [3.8, 4) is 0 Å². The van der Waals surface area contributed by atoms with E-state index in [-0.39, 0.29) is 5.56 Å². The Morgan fingerprint density at radius 3 is 2.84 bits per heavy atom. The van der Waals surface area contributed by atoms with E-state index in [0.717, 1.165) is 24.2 Å². The smallest absolute Gasteiger partial charge is 0.290 e. The SMILES string of the molecule is CCCN(Cc1ccccc1N)c1ncc[nH]c1=O. The Bertz CT molecular complexity index is 594. The fourth-order valence-corrected chi connectivity index (χ4v) is 1.98. The van der Waals surface area contributed by atoms with Crippen LogP contribution in [0, 0.1) is 0 Å². The molecule has 100 valence electrons. The number of nitrogens with one attached hydrogen (secondary N) is 1. The van der Waals surface area contributed by atoms with Gasteiger partial charge in [0.15, 0.2) is 5.82 Å². The molecule has 5 heteroatoms. The fourth-order valence-electron chi connectivity index (χ4n) is 1.98. The van der Waals surface area contributed by atoms with Crippen LogP contribution in [-0.4, -0.2) is 16.5 Å². The largest absolute Gasteiger partial charge is 0.398 e. The molecule has 5 nitrogen and oxygen atoms in total. The van der Waals surface area contributed by atoms with Crippen molar-refractivity contribution in [1.82, 2.24) is 9.97 Å². The van der Waals surface area contributed by atoms with Crippen molar-refractivity contribution in [3.63, 3.8) is 0 Å². The summed E-state index contributed by atoms with van der Waals surface area (Å²) in [6.45, 7) is 3.41. The van der Waals surface area contributed by atoms with Crippen molar-refractivity contribution in [3.05, 3.63) is 52.6 Å². The zero-order chi connectivity index (χ0) is 13.7. The van der Waals surface area contributed by atoms with E-state index in [2.05, 4.69) is 16.9 Å². The van der Waals surface area contributed by atoms with Gasteiger partial charge in [-0.1, -0.05) is 25.1 Å². The number of hydrogen-bond acceptors (Lipinski definition) is 4. The monoisotopic (exact) mass is 258 g/mol. The average molecular weight is 258 g/mol. The molecule has 0 radical (unpaired) electrons. The van der Waals surface area contributed by atoms with Gasteiger partial charge >= 0.3 is 0 Å². The molecule has 19 heavy (non-hydrogen) atoms. The summed E-state index contributed by atoms with van der Waals surface area (Å²) in [4.78, 5) is 20.6. The fraction of sp³-hybridized carbons (Fsp3) is 0.286. The van der Waals surface area contributed by atoms with E-state index in [9.17, 15) is 4.79 Å².